The fourth-order valence-electron chi connectivity index (χ4n) is 8.35. The first kappa shape index (κ1) is 22.3. The van der Waals surface area contributed by atoms with Crippen molar-refractivity contribution in [2.45, 2.75) is 110 Å². The predicted molar refractivity (Wildman–Crippen MR) is 120 cm³/mol. The number of Topliss-reactive ketones (excluding diaryl/α,β-unsaturated/α-hetero) is 1. The molecule has 30 heavy (non-hydrogen) atoms. The van der Waals surface area contributed by atoms with Gasteiger partial charge in [0.05, 0.1) is 6.10 Å². The Morgan fingerprint density at radius 3 is 2.53 bits per heavy atom. The maximum absolute atomic E-state index is 11.2. The third-order valence-corrected chi connectivity index (χ3v) is 10.1. The molecule has 168 valence electrons. The highest BCUT2D eigenvalue weighted by molar-refractivity contribution is 5.75. The molecule has 0 spiro atoms. The lowest BCUT2D eigenvalue weighted by atomic mass is 9.44. The second-order valence-electron chi connectivity index (χ2n) is 11.6. The lowest BCUT2D eigenvalue weighted by molar-refractivity contribution is -0.146. The SMILES string of the molecule is CO[C@H]1CC[C@H]2[C@@H]3CC[C@@H]4C[C@@](O)(C#CCCCC(C)=O)CC[C@]4(C)[C@H]3CC[C@]12C. The summed E-state index contributed by atoms with van der Waals surface area (Å²) in [6, 6.07) is 0. The number of rotatable bonds is 4. The van der Waals surface area contributed by atoms with Crippen LogP contribution in [0.5, 0.6) is 0 Å². The molecule has 4 fully saturated rings. The molecule has 0 aromatic heterocycles. The van der Waals surface area contributed by atoms with Crippen molar-refractivity contribution in [2.75, 3.05) is 7.11 Å². The Hall–Kier alpha value is -0.850. The van der Waals surface area contributed by atoms with Gasteiger partial charge in [-0.15, -0.1) is 5.92 Å². The van der Waals surface area contributed by atoms with Crippen LogP contribution in [0.4, 0.5) is 0 Å². The topological polar surface area (TPSA) is 46.5 Å². The first-order valence-corrected chi connectivity index (χ1v) is 12.5. The Labute approximate surface area is 183 Å². The van der Waals surface area contributed by atoms with Gasteiger partial charge in [-0.3, -0.25) is 0 Å². The van der Waals surface area contributed by atoms with Gasteiger partial charge in [0.25, 0.3) is 0 Å². The molecule has 0 unspecified atom stereocenters. The highest BCUT2D eigenvalue weighted by Gasteiger charge is 2.61. The van der Waals surface area contributed by atoms with E-state index in [4.69, 9.17) is 4.74 Å². The zero-order valence-corrected chi connectivity index (χ0v) is 19.6. The molecule has 4 aliphatic rings. The van der Waals surface area contributed by atoms with E-state index < -0.39 is 5.60 Å². The lowest BCUT2D eigenvalue weighted by Gasteiger charge is -2.61. The number of methoxy groups -OCH3 is 1. The van der Waals surface area contributed by atoms with Crippen LogP contribution in [0.3, 0.4) is 0 Å². The van der Waals surface area contributed by atoms with Gasteiger partial charge in [0.1, 0.15) is 11.4 Å². The largest absolute Gasteiger partial charge is 0.381 e. The molecule has 0 bridgehead atoms. The molecule has 0 radical (unpaired) electrons. The summed E-state index contributed by atoms with van der Waals surface area (Å²) in [5.74, 6) is 9.71. The number of ether oxygens (including phenoxy) is 1. The second-order valence-corrected chi connectivity index (χ2v) is 11.6. The molecule has 4 saturated carbocycles. The standard InChI is InChI=1S/C27H42O3/c1-19(28)8-6-5-7-14-27(29)17-16-25(2)20(18-27)9-10-21-22-11-12-24(30-4)26(22,3)15-13-23(21)25/h20-24,29H,5-6,8-13,15-18H2,1-4H3/t20-,21+,22+,23+,24+,25+,26+,27-/m1/s1. The summed E-state index contributed by atoms with van der Waals surface area (Å²) in [7, 11) is 1.91. The quantitative estimate of drug-likeness (QED) is 0.485. The van der Waals surface area contributed by atoms with E-state index in [-0.39, 0.29) is 5.78 Å². The van der Waals surface area contributed by atoms with Crippen molar-refractivity contribution < 1.29 is 14.6 Å². The zero-order chi connectivity index (χ0) is 21.6. The molecule has 3 nitrogen and oxygen atoms in total. The van der Waals surface area contributed by atoms with Crippen molar-refractivity contribution in [1.29, 1.82) is 0 Å². The Kier molecular flexibility index (Phi) is 6.15. The van der Waals surface area contributed by atoms with E-state index in [1.807, 2.05) is 7.11 Å². The molecule has 0 heterocycles. The molecule has 0 aromatic carbocycles. The number of hydrogen-bond acceptors (Lipinski definition) is 3. The Balaban J connectivity index is 1.44. The molecule has 0 amide bonds. The highest BCUT2D eigenvalue weighted by atomic mass is 16.5. The summed E-state index contributed by atoms with van der Waals surface area (Å²) in [6.07, 6.45) is 13.1. The smallest absolute Gasteiger partial charge is 0.129 e. The number of unbranched alkanes of at least 4 members (excludes halogenated alkanes) is 1. The number of fused-ring (bicyclic) bond motifs is 5. The summed E-state index contributed by atoms with van der Waals surface area (Å²) >= 11 is 0. The van der Waals surface area contributed by atoms with E-state index in [0.717, 1.165) is 49.9 Å². The van der Waals surface area contributed by atoms with Crippen molar-refractivity contribution >= 4 is 5.78 Å². The maximum atomic E-state index is 11.2. The monoisotopic (exact) mass is 414 g/mol. The molecule has 3 heteroatoms. The van der Waals surface area contributed by atoms with Crippen molar-refractivity contribution in [3.05, 3.63) is 0 Å². The average Bonchev–Trinajstić information content (AvgIpc) is 3.04. The third-order valence-electron chi connectivity index (χ3n) is 10.1. The second kappa shape index (κ2) is 8.25. The number of carbonyl (C=O) groups is 1. The Morgan fingerprint density at radius 1 is 1.03 bits per heavy atom. The third kappa shape index (κ3) is 3.77. The van der Waals surface area contributed by atoms with Crippen molar-refractivity contribution in [3.8, 4) is 11.8 Å². The van der Waals surface area contributed by atoms with Crippen molar-refractivity contribution in [1.82, 2.24) is 0 Å². The van der Waals surface area contributed by atoms with Crippen molar-refractivity contribution in [3.63, 3.8) is 0 Å². The minimum Gasteiger partial charge on any atom is -0.381 e. The van der Waals surface area contributed by atoms with E-state index >= 15 is 0 Å². The summed E-state index contributed by atoms with van der Waals surface area (Å²) in [5.41, 5.74) is -0.0806. The van der Waals surface area contributed by atoms with Crippen LogP contribution in [0.2, 0.25) is 0 Å². The molecule has 0 aliphatic heterocycles. The number of ketones is 1. The van der Waals surface area contributed by atoms with Crippen LogP contribution in [0.1, 0.15) is 97.8 Å². The van der Waals surface area contributed by atoms with E-state index in [0.29, 0.717) is 29.3 Å². The van der Waals surface area contributed by atoms with Gasteiger partial charge in [-0.1, -0.05) is 19.8 Å². The average molecular weight is 415 g/mol. The Bertz CT molecular complexity index is 719. The van der Waals surface area contributed by atoms with Gasteiger partial charge in [-0.2, -0.15) is 0 Å². The van der Waals surface area contributed by atoms with Gasteiger partial charge >= 0.3 is 0 Å². The Morgan fingerprint density at radius 2 is 1.80 bits per heavy atom. The molecule has 4 aliphatic carbocycles. The molecule has 0 aromatic rings. The lowest BCUT2D eigenvalue weighted by Crippen LogP contribution is -2.56. The van der Waals surface area contributed by atoms with Gasteiger partial charge in [0.2, 0.25) is 0 Å². The van der Waals surface area contributed by atoms with Crippen LogP contribution in [0.15, 0.2) is 0 Å². The van der Waals surface area contributed by atoms with Crippen molar-refractivity contribution in [2.24, 2.45) is 34.5 Å². The van der Waals surface area contributed by atoms with Crippen LogP contribution >= 0.6 is 0 Å². The van der Waals surface area contributed by atoms with Crippen LogP contribution in [-0.4, -0.2) is 29.7 Å². The number of hydrogen-bond donors (Lipinski definition) is 1. The first-order valence-electron chi connectivity index (χ1n) is 12.5. The number of aliphatic hydroxyl groups is 1. The molecule has 4 rings (SSSR count). The summed E-state index contributed by atoms with van der Waals surface area (Å²) < 4.78 is 5.92. The minimum atomic E-state index is -0.815. The summed E-state index contributed by atoms with van der Waals surface area (Å²) in [6.45, 7) is 6.68. The summed E-state index contributed by atoms with van der Waals surface area (Å²) in [4.78, 5) is 11.1. The molecular formula is C27H42O3. The first-order chi connectivity index (χ1) is 14.2. The fourth-order valence-corrected chi connectivity index (χ4v) is 8.35. The van der Waals surface area contributed by atoms with Crippen LogP contribution in [0.25, 0.3) is 0 Å². The number of carbonyl (C=O) groups excluding carboxylic acids is 1. The van der Waals surface area contributed by atoms with E-state index in [1.54, 1.807) is 6.92 Å². The molecular weight excluding hydrogens is 372 g/mol. The minimum absolute atomic E-state index is 0.225. The van der Waals surface area contributed by atoms with Gasteiger partial charge in [0.15, 0.2) is 0 Å². The van der Waals surface area contributed by atoms with E-state index in [1.165, 1.54) is 38.5 Å². The maximum Gasteiger partial charge on any atom is 0.129 e. The van der Waals surface area contributed by atoms with Crippen LogP contribution < -0.4 is 0 Å². The fraction of sp³-hybridized carbons (Fsp3) is 0.889. The molecule has 8 atom stereocenters. The van der Waals surface area contributed by atoms with Gasteiger partial charge in [0, 0.05) is 20.0 Å². The normalized spacial score (nSPS) is 47.4. The summed E-state index contributed by atoms with van der Waals surface area (Å²) in [5, 5.41) is 11.2. The van der Waals surface area contributed by atoms with E-state index in [2.05, 4.69) is 25.7 Å². The van der Waals surface area contributed by atoms with Crippen LogP contribution in [0, 0.1) is 46.3 Å². The highest BCUT2D eigenvalue weighted by Crippen LogP contribution is 2.67. The van der Waals surface area contributed by atoms with Gasteiger partial charge in [-0.25, -0.2) is 0 Å². The molecule has 0 saturated heterocycles. The van der Waals surface area contributed by atoms with Crippen LogP contribution in [-0.2, 0) is 9.53 Å². The molecule has 1 N–H and O–H groups in total. The predicted octanol–water partition coefficient (Wildman–Crippen LogP) is 5.54. The zero-order valence-electron chi connectivity index (χ0n) is 19.6. The van der Waals surface area contributed by atoms with E-state index in [9.17, 15) is 9.90 Å². The van der Waals surface area contributed by atoms with Gasteiger partial charge < -0.3 is 14.6 Å². The van der Waals surface area contributed by atoms with Gasteiger partial charge in [-0.05, 0) is 106 Å².